The second kappa shape index (κ2) is 7.67. The maximum Gasteiger partial charge on any atom is 0.0556 e. The molecule has 16 heavy (non-hydrogen) atoms. The highest BCUT2D eigenvalue weighted by molar-refractivity contribution is 9.09. The Balaban J connectivity index is 2.51. The first-order valence-electron chi connectivity index (χ1n) is 5.71. The summed E-state index contributed by atoms with van der Waals surface area (Å²) in [7, 11) is 1.79. The van der Waals surface area contributed by atoms with Gasteiger partial charge in [0.1, 0.15) is 0 Å². The fraction of sp³-hybridized carbons (Fsp3) is 0.692. The summed E-state index contributed by atoms with van der Waals surface area (Å²) in [5.41, 5.74) is 0.228. The maximum absolute atomic E-state index is 5.38. The molecule has 1 aliphatic carbocycles. The summed E-state index contributed by atoms with van der Waals surface area (Å²) < 4.78 is 5.38. The molecule has 1 unspecified atom stereocenters. The molecule has 0 saturated heterocycles. The lowest BCUT2D eigenvalue weighted by Gasteiger charge is -2.31. The topological polar surface area (TPSA) is 9.23 Å². The number of ether oxygens (including phenoxy) is 1. The fourth-order valence-corrected chi connectivity index (χ4v) is 3.77. The van der Waals surface area contributed by atoms with E-state index in [9.17, 15) is 0 Å². The minimum Gasteiger partial charge on any atom is -0.384 e. The highest BCUT2D eigenvalue weighted by Crippen LogP contribution is 2.35. The van der Waals surface area contributed by atoms with Gasteiger partial charge in [-0.15, -0.1) is 0 Å². The SMILES string of the molecule is COCC1(CCC(CBr)CBr)C=CC=CC1. The second-order valence-corrected chi connectivity index (χ2v) is 5.80. The Morgan fingerprint density at radius 3 is 2.56 bits per heavy atom. The molecule has 1 nitrogen and oxygen atoms in total. The molecule has 0 saturated carbocycles. The summed E-state index contributed by atoms with van der Waals surface area (Å²) in [6.07, 6.45) is 12.4. The van der Waals surface area contributed by atoms with E-state index in [0.717, 1.165) is 23.7 Å². The first kappa shape index (κ1) is 14.5. The van der Waals surface area contributed by atoms with Crippen molar-refractivity contribution in [3.05, 3.63) is 24.3 Å². The standard InChI is InChI=1S/C13H20Br2O/c1-16-11-13(6-3-2-4-7-13)8-5-12(9-14)10-15/h2-4,6,12H,5,7-11H2,1H3. The Morgan fingerprint density at radius 2 is 2.06 bits per heavy atom. The van der Waals surface area contributed by atoms with Crippen LogP contribution in [-0.2, 0) is 4.74 Å². The molecule has 3 heteroatoms. The van der Waals surface area contributed by atoms with Gasteiger partial charge >= 0.3 is 0 Å². The molecule has 0 bridgehead atoms. The lowest BCUT2D eigenvalue weighted by atomic mass is 9.77. The molecule has 1 aliphatic rings. The lowest BCUT2D eigenvalue weighted by molar-refractivity contribution is 0.102. The van der Waals surface area contributed by atoms with Crippen LogP contribution in [0.15, 0.2) is 24.3 Å². The zero-order valence-electron chi connectivity index (χ0n) is 9.79. The Morgan fingerprint density at radius 1 is 1.31 bits per heavy atom. The first-order valence-corrected chi connectivity index (χ1v) is 7.96. The van der Waals surface area contributed by atoms with Gasteiger partial charge < -0.3 is 4.74 Å². The van der Waals surface area contributed by atoms with Gasteiger partial charge in [0.2, 0.25) is 0 Å². The van der Waals surface area contributed by atoms with Crippen LogP contribution in [0.25, 0.3) is 0 Å². The summed E-state index contributed by atoms with van der Waals surface area (Å²) in [5, 5.41) is 2.14. The highest BCUT2D eigenvalue weighted by Gasteiger charge is 2.27. The largest absolute Gasteiger partial charge is 0.384 e. The van der Waals surface area contributed by atoms with Gasteiger partial charge in [0, 0.05) is 23.2 Å². The van der Waals surface area contributed by atoms with Crippen LogP contribution in [0.4, 0.5) is 0 Å². The quantitative estimate of drug-likeness (QED) is 0.620. The fourth-order valence-electron chi connectivity index (χ4n) is 2.05. The molecule has 0 aromatic rings. The van der Waals surface area contributed by atoms with E-state index in [4.69, 9.17) is 4.74 Å². The summed E-state index contributed by atoms with van der Waals surface area (Å²) in [6.45, 7) is 0.825. The van der Waals surface area contributed by atoms with Crippen molar-refractivity contribution < 1.29 is 4.74 Å². The molecule has 1 rings (SSSR count). The molecule has 0 aromatic heterocycles. The van der Waals surface area contributed by atoms with Gasteiger partial charge in [-0.05, 0) is 25.2 Å². The Bertz CT molecular complexity index is 246. The van der Waals surface area contributed by atoms with Crippen molar-refractivity contribution in [1.29, 1.82) is 0 Å². The van der Waals surface area contributed by atoms with E-state index >= 15 is 0 Å². The maximum atomic E-state index is 5.38. The van der Waals surface area contributed by atoms with Crippen molar-refractivity contribution in [3.8, 4) is 0 Å². The van der Waals surface area contributed by atoms with Crippen LogP contribution in [0.3, 0.4) is 0 Å². The summed E-state index contributed by atoms with van der Waals surface area (Å²) in [5.74, 6) is 0.716. The zero-order valence-corrected chi connectivity index (χ0v) is 13.0. The smallest absolute Gasteiger partial charge is 0.0556 e. The third-order valence-corrected chi connectivity index (χ3v) is 4.97. The molecule has 0 amide bonds. The zero-order chi connectivity index (χ0) is 11.9. The van der Waals surface area contributed by atoms with Crippen LogP contribution >= 0.6 is 31.9 Å². The van der Waals surface area contributed by atoms with Crippen LogP contribution in [0.1, 0.15) is 19.3 Å². The van der Waals surface area contributed by atoms with Crippen molar-refractivity contribution in [1.82, 2.24) is 0 Å². The molecular weight excluding hydrogens is 332 g/mol. The molecule has 0 aliphatic heterocycles. The summed E-state index contributed by atoms with van der Waals surface area (Å²) in [4.78, 5) is 0. The Kier molecular flexibility index (Phi) is 6.94. The molecule has 0 radical (unpaired) electrons. The van der Waals surface area contributed by atoms with Gasteiger partial charge in [-0.2, -0.15) is 0 Å². The van der Waals surface area contributed by atoms with Crippen molar-refractivity contribution in [2.24, 2.45) is 11.3 Å². The van der Waals surface area contributed by atoms with Gasteiger partial charge in [-0.3, -0.25) is 0 Å². The van der Waals surface area contributed by atoms with Gasteiger partial charge in [0.25, 0.3) is 0 Å². The second-order valence-electron chi connectivity index (χ2n) is 4.50. The van der Waals surface area contributed by atoms with Crippen LogP contribution in [0.2, 0.25) is 0 Å². The number of methoxy groups -OCH3 is 1. The van der Waals surface area contributed by atoms with Crippen LogP contribution in [-0.4, -0.2) is 24.4 Å². The van der Waals surface area contributed by atoms with Crippen molar-refractivity contribution >= 4 is 31.9 Å². The molecular formula is C13H20Br2O. The van der Waals surface area contributed by atoms with Crippen LogP contribution in [0, 0.1) is 11.3 Å². The van der Waals surface area contributed by atoms with E-state index in [1.54, 1.807) is 7.11 Å². The summed E-state index contributed by atoms with van der Waals surface area (Å²) in [6, 6.07) is 0. The van der Waals surface area contributed by atoms with Crippen LogP contribution in [0.5, 0.6) is 0 Å². The van der Waals surface area contributed by atoms with E-state index < -0.39 is 0 Å². The van der Waals surface area contributed by atoms with Crippen molar-refractivity contribution in [2.75, 3.05) is 24.4 Å². The Labute approximate surface area is 116 Å². The average molecular weight is 352 g/mol. The average Bonchev–Trinajstić information content (AvgIpc) is 2.32. The van der Waals surface area contributed by atoms with E-state index in [0.29, 0.717) is 5.92 Å². The van der Waals surface area contributed by atoms with E-state index in [2.05, 4.69) is 56.2 Å². The minimum atomic E-state index is 0.228. The van der Waals surface area contributed by atoms with Gasteiger partial charge in [0.05, 0.1) is 6.61 Å². The van der Waals surface area contributed by atoms with Gasteiger partial charge in [0.15, 0.2) is 0 Å². The third-order valence-electron chi connectivity index (χ3n) is 3.14. The predicted octanol–water partition coefficient (Wildman–Crippen LogP) is 4.32. The number of hydrogen-bond donors (Lipinski definition) is 0. The molecule has 92 valence electrons. The third kappa shape index (κ3) is 4.34. The molecule has 0 spiro atoms. The highest BCUT2D eigenvalue weighted by atomic mass is 79.9. The van der Waals surface area contributed by atoms with Crippen LogP contribution < -0.4 is 0 Å². The predicted molar refractivity (Wildman–Crippen MR) is 77.5 cm³/mol. The number of halogens is 2. The van der Waals surface area contributed by atoms with E-state index in [-0.39, 0.29) is 5.41 Å². The molecule has 0 fully saturated rings. The van der Waals surface area contributed by atoms with Gasteiger partial charge in [-0.1, -0.05) is 56.2 Å². The molecule has 0 N–H and O–H groups in total. The van der Waals surface area contributed by atoms with E-state index in [1.165, 1.54) is 12.8 Å². The number of rotatable bonds is 7. The van der Waals surface area contributed by atoms with E-state index in [1.807, 2.05) is 0 Å². The lowest BCUT2D eigenvalue weighted by Crippen LogP contribution is -2.26. The Hall–Kier alpha value is 0.400. The molecule has 1 atom stereocenters. The normalized spacial score (nSPS) is 24.2. The minimum absolute atomic E-state index is 0.228. The number of alkyl halides is 2. The van der Waals surface area contributed by atoms with Crippen molar-refractivity contribution in [3.63, 3.8) is 0 Å². The number of allylic oxidation sites excluding steroid dienone is 3. The van der Waals surface area contributed by atoms with Gasteiger partial charge in [-0.25, -0.2) is 0 Å². The number of hydrogen-bond acceptors (Lipinski definition) is 1. The first-order chi connectivity index (χ1) is 7.76. The molecule has 0 heterocycles. The van der Waals surface area contributed by atoms with Crippen molar-refractivity contribution in [2.45, 2.75) is 19.3 Å². The monoisotopic (exact) mass is 350 g/mol. The summed E-state index contributed by atoms with van der Waals surface area (Å²) >= 11 is 7.13. The molecule has 0 aromatic carbocycles.